The van der Waals surface area contributed by atoms with E-state index in [9.17, 15) is 4.79 Å². The van der Waals surface area contributed by atoms with E-state index in [1.54, 1.807) is 12.7 Å². The highest BCUT2D eigenvalue weighted by Gasteiger charge is 2.44. The van der Waals surface area contributed by atoms with Crippen LogP contribution in [-0.4, -0.2) is 75.4 Å². The Labute approximate surface area is 136 Å². The summed E-state index contributed by atoms with van der Waals surface area (Å²) in [5.41, 5.74) is 0. The van der Waals surface area contributed by atoms with Gasteiger partial charge in [-0.15, -0.1) is 0 Å². The average Bonchev–Trinajstić information content (AvgIpc) is 3.30. The van der Waals surface area contributed by atoms with Gasteiger partial charge in [-0.3, -0.25) is 14.4 Å². The third-order valence-corrected chi connectivity index (χ3v) is 5.75. The normalized spacial score (nSPS) is 34.7. The van der Waals surface area contributed by atoms with Crippen LogP contribution in [-0.2, 0) is 16.1 Å². The predicted molar refractivity (Wildman–Crippen MR) is 83.6 cm³/mol. The van der Waals surface area contributed by atoms with Crippen molar-refractivity contribution in [2.75, 3.05) is 26.7 Å². The Balaban J connectivity index is 1.38. The lowest BCUT2D eigenvalue weighted by molar-refractivity contribution is -0.143. The van der Waals surface area contributed by atoms with E-state index in [1.165, 1.54) is 0 Å². The number of rotatable bonds is 3. The second-order valence-electron chi connectivity index (χ2n) is 7.07. The number of likely N-dealkylation sites (tertiary alicyclic amines) is 2. The quantitative estimate of drug-likeness (QED) is 0.806. The lowest BCUT2D eigenvalue weighted by atomic mass is 9.91. The number of carbonyl (C=O) groups is 1. The lowest BCUT2D eigenvalue weighted by Gasteiger charge is -2.38. The summed E-state index contributed by atoms with van der Waals surface area (Å²) >= 11 is 0. The van der Waals surface area contributed by atoms with Gasteiger partial charge in [0.2, 0.25) is 0 Å². The third-order valence-electron chi connectivity index (χ3n) is 5.75. The van der Waals surface area contributed by atoms with Gasteiger partial charge in [0.1, 0.15) is 18.8 Å². The molecule has 126 valence electrons. The van der Waals surface area contributed by atoms with E-state index in [1.807, 2.05) is 9.58 Å². The Hall–Kier alpha value is -1.47. The molecule has 3 saturated heterocycles. The first-order valence-electron chi connectivity index (χ1n) is 8.67. The predicted octanol–water partition coefficient (Wildman–Crippen LogP) is 0.378. The minimum absolute atomic E-state index is 0.184. The summed E-state index contributed by atoms with van der Waals surface area (Å²) in [4.78, 5) is 21.1. The molecule has 1 amide bonds. The molecule has 4 atom stereocenters. The SMILES string of the molecule is CN1[C@H](Cn2cncn2)C[C@@H]2CN(C(=O)[C@@H]3CCCO3)CC[C@@H]21. The molecule has 0 spiro atoms. The van der Waals surface area contributed by atoms with Crippen molar-refractivity contribution in [1.29, 1.82) is 0 Å². The van der Waals surface area contributed by atoms with Gasteiger partial charge >= 0.3 is 0 Å². The maximum Gasteiger partial charge on any atom is 0.251 e. The van der Waals surface area contributed by atoms with Gasteiger partial charge in [-0.25, -0.2) is 4.98 Å². The van der Waals surface area contributed by atoms with Crippen LogP contribution in [0.25, 0.3) is 0 Å². The molecule has 0 N–H and O–H groups in total. The van der Waals surface area contributed by atoms with E-state index in [4.69, 9.17) is 4.74 Å². The van der Waals surface area contributed by atoms with Crippen LogP contribution >= 0.6 is 0 Å². The van der Waals surface area contributed by atoms with Crippen molar-refractivity contribution >= 4 is 5.91 Å². The first-order valence-corrected chi connectivity index (χ1v) is 8.67. The van der Waals surface area contributed by atoms with E-state index >= 15 is 0 Å². The van der Waals surface area contributed by atoms with Gasteiger partial charge in [-0.05, 0) is 38.6 Å². The number of ether oxygens (including phenoxy) is 1. The maximum atomic E-state index is 12.6. The van der Waals surface area contributed by atoms with Crippen molar-refractivity contribution in [2.24, 2.45) is 5.92 Å². The zero-order valence-electron chi connectivity index (χ0n) is 13.7. The Morgan fingerprint density at radius 1 is 1.39 bits per heavy atom. The number of fused-ring (bicyclic) bond motifs is 1. The van der Waals surface area contributed by atoms with Crippen molar-refractivity contribution in [3.8, 4) is 0 Å². The Bertz CT molecular complexity index is 543. The van der Waals surface area contributed by atoms with Crippen LogP contribution in [0.3, 0.4) is 0 Å². The molecule has 3 fully saturated rings. The Morgan fingerprint density at radius 3 is 3.04 bits per heavy atom. The maximum absolute atomic E-state index is 12.6. The Kier molecular flexibility index (Phi) is 4.07. The van der Waals surface area contributed by atoms with E-state index < -0.39 is 0 Å². The zero-order valence-corrected chi connectivity index (χ0v) is 13.7. The molecular weight excluding hydrogens is 294 g/mol. The van der Waals surface area contributed by atoms with Gasteiger partial charge in [0.15, 0.2) is 0 Å². The highest BCUT2D eigenvalue weighted by molar-refractivity contribution is 5.81. The number of nitrogens with zero attached hydrogens (tertiary/aromatic N) is 5. The first-order chi connectivity index (χ1) is 11.2. The van der Waals surface area contributed by atoms with Gasteiger partial charge < -0.3 is 9.64 Å². The summed E-state index contributed by atoms with van der Waals surface area (Å²) in [6.45, 7) is 3.35. The fourth-order valence-electron chi connectivity index (χ4n) is 4.50. The molecule has 3 aliphatic rings. The smallest absolute Gasteiger partial charge is 0.251 e. The summed E-state index contributed by atoms with van der Waals surface area (Å²) < 4.78 is 7.48. The molecule has 7 heteroatoms. The molecule has 0 bridgehead atoms. The Morgan fingerprint density at radius 2 is 2.30 bits per heavy atom. The van der Waals surface area contributed by atoms with E-state index in [0.717, 1.165) is 51.9 Å². The number of piperidine rings is 1. The molecule has 0 radical (unpaired) electrons. The highest BCUT2D eigenvalue weighted by Crippen LogP contribution is 2.35. The van der Waals surface area contributed by atoms with Gasteiger partial charge in [-0.2, -0.15) is 5.10 Å². The van der Waals surface area contributed by atoms with Crippen molar-refractivity contribution in [3.63, 3.8) is 0 Å². The number of hydrogen-bond acceptors (Lipinski definition) is 5. The van der Waals surface area contributed by atoms with Gasteiger partial charge in [-0.1, -0.05) is 0 Å². The summed E-state index contributed by atoms with van der Waals surface area (Å²) in [5.74, 6) is 0.774. The van der Waals surface area contributed by atoms with Crippen LogP contribution in [0.15, 0.2) is 12.7 Å². The zero-order chi connectivity index (χ0) is 15.8. The van der Waals surface area contributed by atoms with Gasteiger partial charge in [0.25, 0.3) is 5.91 Å². The van der Waals surface area contributed by atoms with E-state index in [-0.39, 0.29) is 12.0 Å². The summed E-state index contributed by atoms with van der Waals surface area (Å²) in [6, 6.07) is 1.06. The van der Waals surface area contributed by atoms with E-state index in [2.05, 4.69) is 22.0 Å². The molecule has 7 nitrogen and oxygen atoms in total. The molecule has 0 aromatic carbocycles. The second-order valence-corrected chi connectivity index (χ2v) is 7.07. The number of amides is 1. The number of carbonyl (C=O) groups excluding carboxylic acids is 1. The molecule has 0 saturated carbocycles. The minimum atomic E-state index is -0.184. The third kappa shape index (κ3) is 2.87. The van der Waals surface area contributed by atoms with Crippen molar-refractivity contribution in [2.45, 2.75) is 50.4 Å². The average molecular weight is 319 g/mol. The summed E-state index contributed by atoms with van der Waals surface area (Å²) in [5, 5.41) is 4.22. The topological polar surface area (TPSA) is 63.5 Å². The van der Waals surface area contributed by atoms with Crippen LogP contribution < -0.4 is 0 Å². The molecule has 0 unspecified atom stereocenters. The lowest BCUT2D eigenvalue weighted by Crippen LogP contribution is -2.50. The van der Waals surface area contributed by atoms with Crippen molar-refractivity contribution in [1.82, 2.24) is 24.6 Å². The van der Waals surface area contributed by atoms with Gasteiger partial charge in [0, 0.05) is 31.8 Å². The van der Waals surface area contributed by atoms with Crippen molar-refractivity contribution in [3.05, 3.63) is 12.7 Å². The minimum Gasteiger partial charge on any atom is -0.368 e. The molecule has 3 aliphatic heterocycles. The standard InChI is InChI=1S/C16H25N5O2/c1-19-13(9-21-11-17-10-18-21)7-12-8-20(5-4-14(12)19)16(22)15-3-2-6-23-15/h10-15H,2-9H2,1H3/t12-,13+,14+,15+/m1/s1. The summed E-state index contributed by atoms with van der Waals surface area (Å²) in [7, 11) is 2.21. The molecular formula is C16H25N5O2. The molecule has 1 aromatic rings. The van der Waals surface area contributed by atoms with Gasteiger partial charge in [0.05, 0.1) is 6.54 Å². The van der Waals surface area contributed by atoms with Crippen LogP contribution in [0.4, 0.5) is 0 Å². The molecule has 4 heterocycles. The van der Waals surface area contributed by atoms with Crippen LogP contribution in [0.2, 0.25) is 0 Å². The van der Waals surface area contributed by atoms with Crippen LogP contribution in [0.1, 0.15) is 25.7 Å². The fraction of sp³-hybridized carbons (Fsp3) is 0.812. The van der Waals surface area contributed by atoms with Crippen LogP contribution in [0.5, 0.6) is 0 Å². The monoisotopic (exact) mass is 319 g/mol. The second kappa shape index (κ2) is 6.20. The number of hydrogen-bond donors (Lipinski definition) is 0. The highest BCUT2D eigenvalue weighted by atomic mass is 16.5. The number of likely N-dealkylation sites (N-methyl/N-ethyl adjacent to an activating group) is 1. The molecule has 23 heavy (non-hydrogen) atoms. The molecule has 1 aromatic heterocycles. The number of aromatic nitrogens is 3. The summed E-state index contributed by atoms with van der Waals surface area (Å²) in [6.07, 6.45) is 7.27. The fourth-order valence-corrected chi connectivity index (χ4v) is 4.50. The molecule has 0 aliphatic carbocycles. The first kappa shape index (κ1) is 15.1. The van der Waals surface area contributed by atoms with E-state index in [0.29, 0.717) is 18.0 Å². The van der Waals surface area contributed by atoms with Crippen molar-refractivity contribution < 1.29 is 9.53 Å². The largest absolute Gasteiger partial charge is 0.368 e. The molecule has 4 rings (SSSR count). The van der Waals surface area contributed by atoms with Crippen LogP contribution in [0, 0.1) is 5.92 Å².